The van der Waals surface area contributed by atoms with Crippen molar-refractivity contribution in [1.29, 1.82) is 0 Å². The zero-order valence-corrected chi connectivity index (χ0v) is 19.9. The second-order valence-electron chi connectivity index (χ2n) is 9.44. The fourth-order valence-corrected chi connectivity index (χ4v) is 5.72. The van der Waals surface area contributed by atoms with Gasteiger partial charge in [-0.3, -0.25) is 4.79 Å². The number of anilines is 1. The third-order valence-electron chi connectivity index (χ3n) is 7.78. The van der Waals surface area contributed by atoms with Crippen molar-refractivity contribution in [3.05, 3.63) is 64.1 Å². The van der Waals surface area contributed by atoms with Gasteiger partial charge in [0.25, 0.3) is 0 Å². The van der Waals surface area contributed by atoms with Crippen LogP contribution >= 0.6 is 15.9 Å². The van der Waals surface area contributed by atoms with Gasteiger partial charge in [-0.25, -0.2) is 4.79 Å². The molecule has 2 atom stereocenters. The molecule has 0 aromatic heterocycles. The van der Waals surface area contributed by atoms with Gasteiger partial charge >= 0.3 is 5.97 Å². The molecule has 2 aliphatic rings. The minimum absolute atomic E-state index is 0.00848. The molecular formula is C25H27BrN2O3. The molecule has 162 valence electrons. The quantitative estimate of drug-likeness (QED) is 0.421. The van der Waals surface area contributed by atoms with Crippen LogP contribution in [0.1, 0.15) is 56.0 Å². The summed E-state index contributed by atoms with van der Waals surface area (Å²) in [5.74, 6) is -0.503. The average Bonchev–Trinajstić information content (AvgIpc) is 3.03. The molecule has 2 fully saturated rings. The van der Waals surface area contributed by atoms with Crippen LogP contribution in [0.15, 0.2) is 58.2 Å². The summed E-state index contributed by atoms with van der Waals surface area (Å²) in [6, 6.07) is 14.9. The molecule has 31 heavy (non-hydrogen) atoms. The number of amides is 1. The number of benzene rings is 2. The van der Waals surface area contributed by atoms with Crippen LogP contribution in [0.3, 0.4) is 0 Å². The van der Waals surface area contributed by atoms with Crippen molar-refractivity contribution in [3.8, 4) is 0 Å². The van der Waals surface area contributed by atoms with Gasteiger partial charge in [0.05, 0.1) is 16.7 Å². The van der Waals surface area contributed by atoms with Gasteiger partial charge in [0.1, 0.15) is 0 Å². The molecule has 5 nitrogen and oxygen atoms in total. The molecule has 2 aromatic carbocycles. The maximum absolute atomic E-state index is 13.5. The molecule has 2 aliphatic carbocycles. The first-order chi connectivity index (χ1) is 14.6. The van der Waals surface area contributed by atoms with E-state index in [1.54, 1.807) is 18.2 Å². The molecule has 2 aromatic rings. The van der Waals surface area contributed by atoms with Crippen molar-refractivity contribution in [3.63, 3.8) is 0 Å². The summed E-state index contributed by atoms with van der Waals surface area (Å²) >= 11 is 3.37. The first-order valence-corrected chi connectivity index (χ1v) is 11.3. The summed E-state index contributed by atoms with van der Waals surface area (Å²) in [5.41, 5.74) is 1.87. The molecule has 2 saturated carbocycles. The van der Waals surface area contributed by atoms with Crippen molar-refractivity contribution in [2.45, 2.75) is 47.0 Å². The smallest absolute Gasteiger partial charge is 0.326 e. The van der Waals surface area contributed by atoms with Gasteiger partial charge in [0.2, 0.25) is 5.91 Å². The van der Waals surface area contributed by atoms with Gasteiger partial charge in [0.15, 0.2) is 0 Å². The molecule has 0 aliphatic heterocycles. The van der Waals surface area contributed by atoms with E-state index in [2.05, 4.69) is 47.2 Å². The fourth-order valence-electron chi connectivity index (χ4n) is 5.27. The molecule has 6 heteroatoms. The zero-order valence-electron chi connectivity index (χ0n) is 18.3. The summed E-state index contributed by atoms with van der Waals surface area (Å²) in [4.78, 5) is 31.4. The Hall–Kier alpha value is -2.47. The van der Waals surface area contributed by atoms with E-state index in [9.17, 15) is 9.59 Å². The number of carbonyl (C=O) groups excluding carboxylic acids is 2. The highest BCUT2D eigenvalue weighted by atomic mass is 79.9. The molecule has 4 rings (SSSR count). The number of carbonyl (C=O) groups is 2. The van der Waals surface area contributed by atoms with Crippen LogP contribution in [-0.2, 0) is 9.63 Å². The minimum Gasteiger partial charge on any atom is -0.326 e. The second kappa shape index (κ2) is 7.59. The van der Waals surface area contributed by atoms with Gasteiger partial charge in [-0.05, 0) is 70.9 Å². The Morgan fingerprint density at radius 3 is 2.52 bits per heavy atom. The van der Waals surface area contributed by atoms with Crippen molar-refractivity contribution in [2.24, 2.45) is 21.4 Å². The van der Waals surface area contributed by atoms with E-state index in [1.165, 1.54) is 0 Å². The Morgan fingerprint density at radius 2 is 1.81 bits per heavy atom. The molecule has 0 saturated heterocycles. The van der Waals surface area contributed by atoms with Crippen molar-refractivity contribution < 1.29 is 14.4 Å². The number of oxime groups is 1. The number of nitrogens with one attached hydrogen (secondary N) is 1. The summed E-state index contributed by atoms with van der Waals surface area (Å²) in [5, 5.41) is 7.43. The van der Waals surface area contributed by atoms with Crippen LogP contribution in [0.4, 0.5) is 5.69 Å². The maximum atomic E-state index is 13.5. The minimum atomic E-state index is -0.593. The Labute approximate surface area is 191 Å². The first-order valence-electron chi connectivity index (χ1n) is 10.5. The van der Waals surface area contributed by atoms with Gasteiger partial charge in [-0.1, -0.05) is 50.2 Å². The SMILES string of the molecule is Cc1cccc(NC(=O)C23CCC(C)(C(=NOC(=O)c4ccccc4Br)C2)C3(C)C)c1. The van der Waals surface area contributed by atoms with E-state index in [0.29, 0.717) is 16.5 Å². The third kappa shape index (κ3) is 3.32. The number of nitrogens with zero attached hydrogens (tertiary/aromatic N) is 1. The normalized spacial score (nSPS) is 27.3. The number of hydrogen-bond acceptors (Lipinski definition) is 4. The van der Waals surface area contributed by atoms with Crippen LogP contribution in [-0.4, -0.2) is 17.6 Å². The Balaban J connectivity index is 1.60. The molecule has 0 radical (unpaired) electrons. The molecule has 1 N–H and O–H groups in total. The van der Waals surface area contributed by atoms with Gasteiger partial charge < -0.3 is 10.2 Å². The highest BCUT2D eigenvalue weighted by Crippen LogP contribution is 2.71. The second-order valence-corrected chi connectivity index (χ2v) is 10.3. The number of halogens is 1. The molecule has 0 spiro atoms. The number of hydrogen-bond donors (Lipinski definition) is 1. The van der Waals surface area contributed by atoms with Crippen LogP contribution in [0, 0.1) is 23.2 Å². The summed E-state index contributed by atoms with van der Waals surface area (Å²) in [7, 11) is 0. The Bertz CT molecular complexity index is 1090. The molecule has 1 amide bonds. The molecule has 0 heterocycles. The lowest BCUT2D eigenvalue weighted by atomic mass is 9.64. The first kappa shape index (κ1) is 21.8. The predicted molar refractivity (Wildman–Crippen MR) is 125 cm³/mol. The Morgan fingerprint density at radius 1 is 1.06 bits per heavy atom. The lowest BCUT2D eigenvalue weighted by molar-refractivity contribution is -0.130. The maximum Gasteiger partial charge on any atom is 0.366 e. The summed E-state index contributed by atoms with van der Waals surface area (Å²) < 4.78 is 0.661. The van der Waals surface area contributed by atoms with E-state index in [4.69, 9.17) is 4.84 Å². The predicted octanol–water partition coefficient (Wildman–Crippen LogP) is 6.13. The Kier molecular flexibility index (Phi) is 5.32. The van der Waals surface area contributed by atoms with Crippen molar-refractivity contribution in [1.82, 2.24) is 0 Å². The van der Waals surface area contributed by atoms with Crippen LogP contribution < -0.4 is 5.32 Å². The molecular weight excluding hydrogens is 456 g/mol. The topological polar surface area (TPSA) is 67.8 Å². The molecule has 2 unspecified atom stereocenters. The van der Waals surface area contributed by atoms with E-state index < -0.39 is 11.4 Å². The average molecular weight is 483 g/mol. The summed E-state index contributed by atoms with van der Waals surface area (Å²) in [6.07, 6.45) is 2.09. The fraction of sp³-hybridized carbons (Fsp3) is 0.400. The standard InChI is InChI=1S/C25H27BrN2O3/c1-16-8-7-9-17(14-16)27-22(30)25-13-12-24(4,23(25,2)3)20(15-25)28-31-21(29)18-10-5-6-11-19(18)26/h5-11,14H,12-13,15H2,1-4H3,(H,27,30). The van der Waals surface area contributed by atoms with Crippen molar-refractivity contribution >= 4 is 39.2 Å². The van der Waals surface area contributed by atoms with E-state index >= 15 is 0 Å². The van der Waals surface area contributed by atoms with E-state index in [0.717, 1.165) is 29.8 Å². The van der Waals surface area contributed by atoms with Crippen LogP contribution in [0.25, 0.3) is 0 Å². The number of aryl methyl sites for hydroxylation is 1. The van der Waals surface area contributed by atoms with Crippen LogP contribution in [0.2, 0.25) is 0 Å². The third-order valence-corrected chi connectivity index (χ3v) is 8.47. The van der Waals surface area contributed by atoms with Gasteiger partial charge in [-0.2, -0.15) is 0 Å². The highest BCUT2D eigenvalue weighted by molar-refractivity contribution is 9.10. The van der Waals surface area contributed by atoms with Gasteiger partial charge in [0, 0.05) is 22.0 Å². The number of rotatable bonds is 4. The van der Waals surface area contributed by atoms with Crippen molar-refractivity contribution in [2.75, 3.05) is 5.32 Å². The lowest BCUT2D eigenvalue weighted by Gasteiger charge is -2.39. The van der Waals surface area contributed by atoms with E-state index in [1.807, 2.05) is 37.3 Å². The number of fused-ring (bicyclic) bond motifs is 2. The monoisotopic (exact) mass is 482 g/mol. The van der Waals surface area contributed by atoms with E-state index in [-0.39, 0.29) is 16.7 Å². The lowest BCUT2D eigenvalue weighted by Crippen LogP contribution is -2.43. The largest absolute Gasteiger partial charge is 0.366 e. The highest BCUT2D eigenvalue weighted by Gasteiger charge is 2.71. The van der Waals surface area contributed by atoms with Gasteiger partial charge in [-0.15, -0.1) is 0 Å². The zero-order chi connectivity index (χ0) is 22.4. The summed E-state index contributed by atoms with van der Waals surface area (Å²) in [6.45, 7) is 8.40. The van der Waals surface area contributed by atoms with Crippen LogP contribution in [0.5, 0.6) is 0 Å². The molecule has 2 bridgehead atoms.